The van der Waals surface area contributed by atoms with Gasteiger partial charge in [-0.25, -0.2) is 4.68 Å². The lowest BCUT2D eigenvalue weighted by atomic mass is 9.59. The van der Waals surface area contributed by atoms with Crippen molar-refractivity contribution in [3.05, 3.63) is 46.0 Å². The van der Waals surface area contributed by atoms with E-state index in [0.717, 1.165) is 75.2 Å². The van der Waals surface area contributed by atoms with Crippen LogP contribution in [-0.4, -0.2) is 32.1 Å². The van der Waals surface area contributed by atoms with E-state index >= 15 is 0 Å². The van der Waals surface area contributed by atoms with Gasteiger partial charge in [0.1, 0.15) is 11.5 Å². The van der Waals surface area contributed by atoms with Gasteiger partial charge in [0.25, 0.3) is 0 Å². The maximum Gasteiger partial charge on any atom is 0.211 e. The summed E-state index contributed by atoms with van der Waals surface area (Å²) in [5, 5.41) is 9.52. The van der Waals surface area contributed by atoms with Gasteiger partial charge in [0, 0.05) is 48.0 Å². The van der Waals surface area contributed by atoms with Crippen LogP contribution in [0.25, 0.3) is 11.3 Å². The highest BCUT2D eigenvalue weighted by atomic mass is 35.5. The van der Waals surface area contributed by atoms with Gasteiger partial charge in [-0.1, -0.05) is 28.4 Å². The smallest absolute Gasteiger partial charge is 0.211 e. The minimum Gasteiger partial charge on any atom is -0.477 e. The van der Waals surface area contributed by atoms with Crippen LogP contribution in [0, 0.1) is 5.41 Å². The molecule has 4 aliphatic rings. The minimum atomic E-state index is -0.102. The Labute approximate surface area is 208 Å². The van der Waals surface area contributed by atoms with Gasteiger partial charge in [0.15, 0.2) is 0 Å². The van der Waals surface area contributed by atoms with Crippen molar-refractivity contribution in [2.24, 2.45) is 12.5 Å². The van der Waals surface area contributed by atoms with E-state index in [1.807, 2.05) is 13.1 Å². The summed E-state index contributed by atoms with van der Waals surface area (Å²) in [6.07, 6.45) is 13.6. The summed E-state index contributed by atoms with van der Waals surface area (Å²) >= 11 is 12.9. The third-order valence-electron chi connectivity index (χ3n) is 8.01. The average molecular weight is 503 g/mol. The molecule has 0 spiro atoms. The van der Waals surface area contributed by atoms with E-state index in [1.165, 1.54) is 0 Å². The molecule has 4 aliphatic carbocycles. The third kappa shape index (κ3) is 4.01. The van der Waals surface area contributed by atoms with E-state index in [1.54, 1.807) is 23.3 Å². The van der Waals surface area contributed by atoms with Gasteiger partial charge in [-0.05, 0) is 51.4 Å². The van der Waals surface area contributed by atoms with Crippen LogP contribution in [0.15, 0.2) is 29.2 Å². The number of hydrogen-bond acceptors (Lipinski definition) is 6. The Hall–Kier alpha value is -2.09. The number of nitrogens with zero attached hydrogens (tertiary/aromatic N) is 4. The van der Waals surface area contributed by atoms with Gasteiger partial charge < -0.3 is 14.0 Å². The van der Waals surface area contributed by atoms with Crippen molar-refractivity contribution in [3.8, 4) is 17.1 Å². The Kier molecular flexibility index (Phi) is 5.62. The maximum absolute atomic E-state index is 6.72. The molecule has 0 unspecified atom stereocenters. The Morgan fingerprint density at radius 2 is 1.79 bits per heavy atom. The third-order valence-corrected chi connectivity index (χ3v) is 8.59. The van der Waals surface area contributed by atoms with Crippen molar-refractivity contribution in [3.63, 3.8) is 0 Å². The molecule has 3 aromatic rings. The molecule has 3 heterocycles. The summed E-state index contributed by atoms with van der Waals surface area (Å²) in [5.74, 6) is 2.15. The van der Waals surface area contributed by atoms with Gasteiger partial charge in [-0.3, -0.25) is 4.98 Å². The molecule has 34 heavy (non-hydrogen) atoms. The van der Waals surface area contributed by atoms with E-state index in [0.29, 0.717) is 33.8 Å². The zero-order valence-corrected chi connectivity index (χ0v) is 20.7. The lowest BCUT2D eigenvalue weighted by Crippen LogP contribution is -2.49. The summed E-state index contributed by atoms with van der Waals surface area (Å²) in [6.45, 7) is 1.20. The molecule has 4 saturated carbocycles. The van der Waals surface area contributed by atoms with Crippen LogP contribution in [0.1, 0.15) is 68.6 Å². The van der Waals surface area contributed by atoms with E-state index in [9.17, 15) is 0 Å². The standard InChI is InChI=1S/C25H28Cl2N4O3/c1-31-20(4-11-29-31)32-15-24-5-8-25(9-6-24,10-7-24)33-14-17-22(30-34-23(17)16-2-3-16)21-18(26)12-28-13-19(21)27/h4,11-13,16H,2-3,5-10,14-15H2,1H3. The topological polar surface area (TPSA) is 75.2 Å². The van der Waals surface area contributed by atoms with Crippen molar-refractivity contribution >= 4 is 23.2 Å². The number of fused-ring (bicyclic) bond motifs is 3. The van der Waals surface area contributed by atoms with Crippen molar-refractivity contribution in [1.82, 2.24) is 19.9 Å². The van der Waals surface area contributed by atoms with Gasteiger partial charge in [0.2, 0.25) is 5.88 Å². The van der Waals surface area contributed by atoms with Gasteiger partial charge in [-0.2, -0.15) is 5.10 Å². The van der Waals surface area contributed by atoms with Crippen LogP contribution in [0.4, 0.5) is 0 Å². The first kappa shape index (κ1) is 22.4. The predicted molar refractivity (Wildman–Crippen MR) is 128 cm³/mol. The summed E-state index contributed by atoms with van der Waals surface area (Å²) in [4.78, 5) is 4.08. The van der Waals surface area contributed by atoms with Crippen LogP contribution in [-0.2, 0) is 18.4 Å². The molecule has 9 heteroatoms. The number of ether oxygens (including phenoxy) is 2. The Morgan fingerprint density at radius 1 is 1.09 bits per heavy atom. The summed E-state index contributed by atoms with van der Waals surface area (Å²) < 4.78 is 20.4. The van der Waals surface area contributed by atoms with Crippen LogP contribution >= 0.6 is 23.2 Å². The summed E-state index contributed by atoms with van der Waals surface area (Å²) in [6, 6.07) is 1.92. The van der Waals surface area contributed by atoms with Crippen molar-refractivity contribution in [2.75, 3.05) is 6.61 Å². The SMILES string of the molecule is Cn1nccc1OCC12CCC(OCc3c(-c4c(Cl)cncc4Cl)noc3C3CC3)(CC1)CC2. The fourth-order valence-corrected chi connectivity index (χ4v) is 6.12. The molecule has 4 fully saturated rings. The molecule has 0 atom stereocenters. The fraction of sp³-hybridized carbons (Fsp3) is 0.560. The van der Waals surface area contributed by atoms with E-state index in [-0.39, 0.29) is 11.0 Å². The number of aryl methyl sites for hydroxylation is 1. The zero-order chi connectivity index (χ0) is 23.3. The van der Waals surface area contributed by atoms with Crippen LogP contribution in [0.3, 0.4) is 0 Å². The molecule has 0 amide bonds. The summed E-state index contributed by atoms with van der Waals surface area (Å²) in [5.41, 5.74) is 2.46. The molecule has 180 valence electrons. The minimum absolute atomic E-state index is 0.102. The highest BCUT2D eigenvalue weighted by molar-refractivity contribution is 6.38. The van der Waals surface area contributed by atoms with Gasteiger partial charge >= 0.3 is 0 Å². The highest BCUT2D eigenvalue weighted by Gasteiger charge is 2.50. The molecule has 7 rings (SSSR count). The second-order valence-electron chi connectivity index (χ2n) is 10.2. The molecule has 0 radical (unpaired) electrons. The molecule has 7 nitrogen and oxygen atoms in total. The molecule has 2 bridgehead atoms. The Bertz CT molecular complexity index is 1160. The number of pyridine rings is 1. The lowest BCUT2D eigenvalue weighted by molar-refractivity contribution is -0.150. The first-order valence-electron chi connectivity index (χ1n) is 12.0. The second kappa shape index (κ2) is 8.54. The largest absolute Gasteiger partial charge is 0.477 e. The van der Waals surface area contributed by atoms with E-state index in [2.05, 4.69) is 15.2 Å². The zero-order valence-electron chi connectivity index (χ0n) is 19.2. The molecule has 3 aromatic heterocycles. The average Bonchev–Trinajstić information content (AvgIpc) is 3.48. The first-order chi connectivity index (χ1) is 16.5. The quantitative estimate of drug-likeness (QED) is 0.357. The number of halogens is 2. The lowest BCUT2D eigenvalue weighted by Gasteiger charge is -2.52. The second-order valence-corrected chi connectivity index (χ2v) is 11.0. The molecular formula is C25H28Cl2N4O3. The highest BCUT2D eigenvalue weighted by Crippen LogP contribution is 2.55. The normalized spacial score (nSPS) is 26.2. The number of rotatable bonds is 8. The van der Waals surface area contributed by atoms with Crippen LogP contribution < -0.4 is 4.74 Å². The Balaban J connectivity index is 1.17. The number of hydrogen-bond donors (Lipinski definition) is 0. The molecule has 0 aromatic carbocycles. The van der Waals surface area contributed by atoms with Crippen molar-refractivity contribution in [1.29, 1.82) is 0 Å². The van der Waals surface area contributed by atoms with Gasteiger partial charge in [0.05, 0.1) is 35.1 Å². The van der Waals surface area contributed by atoms with Gasteiger partial charge in [-0.15, -0.1) is 0 Å². The van der Waals surface area contributed by atoms with Crippen LogP contribution in [0.5, 0.6) is 5.88 Å². The monoisotopic (exact) mass is 502 g/mol. The fourth-order valence-electron chi connectivity index (χ4n) is 5.58. The molecule has 0 saturated heterocycles. The van der Waals surface area contributed by atoms with E-state index in [4.69, 9.17) is 37.2 Å². The van der Waals surface area contributed by atoms with E-state index < -0.39 is 0 Å². The molecule has 0 aliphatic heterocycles. The summed E-state index contributed by atoms with van der Waals surface area (Å²) in [7, 11) is 1.91. The van der Waals surface area contributed by atoms with Crippen molar-refractivity contribution in [2.45, 2.75) is 69.5 Å². The Morgan fingerprint density at radius 3 is 2.41 bits per heavy atom. The predicted octanol–water partition coefficient (Wildman–Crippen LogP) is 6.34. The van der Waals surface area contributed by atoms with Crippen molar-refractivity contribution < 1.29 is 14.0 Å². The van der Waals surface area contributed by atoms with Crippen LogP contribution in [0.2, 0.25) is 10.0 Å². The molecule has 0 N–H and O–H groups in total. The first-order valence-corrected chi connectivity index (χ1v) is 12.8. The molecular weight excluding hydrogens is 475 g/mol. The number of aromatic nitrogens is 4. The maximum atomic E-state index is 6.72.